The van der Waals surface area contributed by atoms with Gasteiger partial charge in [0.15, 0.2) is 0 Å². The summed E-state index contributed by atoms with van der Waals surface area (Å²) in [7, 11) is 0. The third-order valence-corrected chi connectivity index (χ3v) is 4.08. The summed E-state index contributed by atoms with van der Waals surface area (Å²) < 4.78 is 0. The Morgan fingerprint density at radius 2 is 1.83 bits per heavy atom. The van der Waals surface area contributed by atoms with Gasteiger partial charge in [-0.15, -0.1) is 0 Å². The molecular formula is C22H21N. The molecule has 0 saturated heterocycles. The van der Waals surface area contributed by atoms with Gasteiger partial charge >= 0.3 is 0 Å². The molecule has 0 bridgehead atoms. The highest BCUT2D eigenvalue weighted by molar-refractivity contribution is 5.94. The van der Waals surface area contributed by atoms with E-state index in [1.165, 1.54) is 22.1 Å². The summed E-state index contributed by atoms with van der Waals surface area (Å²) in [5, 5.41) is 1.20. The maximum atomic E-state index is 4.46. The van der Waals surface area contributed by atoms with Crippen molar-refractivity contribution in [2.24, 2.45) is 0 Å². The van der Waals surface area contributed by atoms with E-state index in [1.54, 1.807) is 0 Å². The standard InChI is InChI=1S/C22H21N/c1-3-4-5-9-17(2)18-10-8-11-19(16-18)20-14-15-23-22-13-7-6-12-21(20)22/h3-17H,1-2H3/b4-3-,9-5-. The van der Waals surface area contributed by atoms with Crippen molar-refractivity contribution in [3.8, 4) is 11.1 Å². The Kier molecular flexibility index (Phi) is 4.68. The number of para-hydroxylation sites is 1. The van der Waals surface area contributed by atoms with E-state index in [0.29, 0.717) is 5.92 Å². The fourth-order valence-electron chi connectivity index (χ4n) is 2.79. The van der Waals surface area contributed by atoms with Crippen LogP contribution in [0.4, 0.5) is 0 Å². The number of aromatic nitrogens is 1. The van der Waals surface area contributed by atoms with Gasteiger partial charge in [-0.3, -0.25) is 4.98 Å². The number of fused-ring (bicyclic) bond motifs is 1. The normalized spacial score (nSPS) is 13.1. The highest BCUT2D eigenvalue weighted by Gasteiger charge is 2.07. The number of pyridine rings is 1. The lowest BCUT2D eigenvalue weighted by Gasteiger charge is -2.11. The first-order valence-electron chi connectivity index (χ1n) is 8.03. The molecule has 0 radical (unpaired) electrons. The number of allylic oxidation sites excluding steroid dienone is 4. The molecule has 0 saturated carbocycles. The molecule has 0 aliphatic rings. The van der Waals surface area contributed by atoms with Gasteiger partial charge in [-0.25, -0.2) is 0 Å². The van der Waals surface area contributed by atoms with Gasteiger partial charge in [0.1, 0.15) is 0 Å². The van der Waals surface area contributed by atoms with Crippen LogP contribution in [0.15, 0.2) is 85.1 Å². The van der Waals surface area contributed by atoms with E-state index in [1.807, 2.05) is 25.3 Å². The third-order valence-electron chi connectivity index (χ3n) is 4.08. The minimum absolute atomic E-state index is 0.388. The van der Waals surface area contributed by atoms with Crippen LogP contribution in [0.2, 0.25) is 0 Å². The van der Waals surface area contributed by atoms with Gasteiger partial charge in [0.2, 0.25) is 0 Å². The number of nitrogens with zero attached hydrogens (tertiary/aromatic N) is 1. The Balaban J connectivity index is 2.02. The number of rotatable bonds is 4. The Morgan fingerprint density at radius 3 is 2.70 bits per heavy atom. The molecule has 1 aromatic heterocycles. The van der Waals surface area contributed by atoms with Gasteiger partial charge in [-0.2, -0.15) is 0 Å². The average molecular weight is 299 g/mol. The molecule has 23 heavy (non-hydrogen) atoms. The summed E-state index contributed by atoms with van der Waals surface area (Å²) >= 11 is 0. The van der Waals surface area contributed by atoms with E-state index < -0.39 is 0 Å². The molecule has 0 aliphatic heterocycles. The quantitative estimate of drug-likeness (QED) is 0.527. The SMILES string of the molecule is C/C=C\C=C/C(C)c1cccc(-c2ccnc3ccccc23)c1. The molecule has 0 amide bonds. The molecular weight excluding hydrogens is 278 g/mol. The number of benzene rings is 2. The van der Waals surface area contributed by atoms with Crippen LogP contribution in [0.25, 0.3) is 22.0 Å². The summed E-state index contributed by atoms with van der Waals surface area (Å²) in [5.74, 6) is 0.388. The van der Waals surface area contributed by atoms with Crippen LogP contribution in [0.5, 0.6) is 0 Å². The van der Waals surface area contributed by atoms with E-state index in [2.05, 4.69) is 78.7 Å². The Morgan fingerprint density at radius 1 is 0.957 bits per heavy atom. The molecule has 1 atom stereocenters. The van der Waals surface area contributed by atoms with Crippen LogP contribution in [-0.4, -0.2) is 4.98 Å². The van der Waals surface area contributed by atoms with Crippen LogP contribution < -0.4 is 0 Å². The van der Waals surface area contributed by atoms with Crippen molar-refractivity contribution in [3.05, 3.63) is 90.7 Å². The van der Waals surface area contributed by atoms with E-state index in [-0.39, 0.29) is 0 Å². The van der Waals surface area contributed by atoms with Gasteiger partial charge in [-0.05, 0) is 41.7 Å². The second-order valence-electron chi connectivity index (χ2n) is 5.70. The fourth-order valence-corrected chi connectivity index (χ4v) is 2.79. The number of hydrogen-bond acceptors (Lipinski definition) is 1. The first kappa shape index (κ1) is 15.2. The minimum atomic E-state index is 0.388. The third kappa shape index (κ3) is 3.40. The van der Waals surface area contributed by atoms with Crippen LogP contribution in [0, 0.1) is 0 Å². The summed E-state index contributed by atoms with van der Waals surface area (Å²) in [5.41, 5.74) is 4.84. The van der Waals surface area contributed by atoms with Crippen molar-refractivity contribution in [2.45, 2.75) is 19.8 Å². The maximum absolute atomic E-state index is 4.46. The van der Waals surface area contributed by atoms with Crippen LogP contribution in [0.1, 0.15) is 25.3 Å². The molecule has 0 aliphatic carbocycles. The zero-order valence-corrected chi connectivity index (χ0v) is 13.6. The molecule has 0 N–H and O–H groups in total. The molecule has 0 fully saturated rings. The highest BCUT2D eigenvalue weighted by Crippen LogP contribution is 2.29. The topological polar surface area (TPSA) is 12.9 Å². The summed E-state index contributed by atoms with van der Waals surface area (Å²) in [6.07, 6.45) is 10.3. The number of hydrogen-bond donors (Lipinski definition) is 0. The van der Waals surface area contributed by atoms with E-state index in [0.717, 1.165) is 5.52 Å². The fraction of sp³-hybridized carbons (Fsp3) is 0.136. The molecule has 1 heterocycles. The van der Waals surface area contributed by atoms with Crippen LogP contribution >= 0.6 is 0 Å². The van der Waals surface area contributed by atoms with Crippen LogP contribution in [-0.2, 0) is 0 Å². The largest absolute Gasteiger partial charge is 0.256 e. The smallest absolute Gasteiger partial charge is 0.0708 e. The van der Waals surface area contributed by atoms with Gasteiger partial charge in [0.25, 0.3) is 0 Å². The molecule has 1 heteroatoms. The van der Waals surface area contributed by atoms with Gasteiger partial charge < -0.3 is 0 Å². The molecule has 0 spiro atoms. The second kappa shape index (κ2) is 7.06. The molecule has 3 rings (SSSR count). The van der Waals surface area contributed by atoms with Gasteiger partial charge in [0.05, 0.1) is 5.52 Å². The average Bonchev–Trinajstić information content (AvgIpc) is 2.61. The zero-order chi connectivity index (χ0) is 16.1. The molecule has 1 nitrogen and oxygen atoms in total. The van der Waals surface area contributed by atoms with E-state index in [4.69, 9.17) is 0 Å². The van der Waals surface area contributed by atoms with E-state index in [9.17, 15) is 0 Å². The predicted octanol–water partition coefficient (Wildman–Crippen LogP) is 6.14. The van der Waals surface area contributed by atoms with Crippen molar-refractivity contribution in [1.82, 2.24) is 4.98 Å². The Labute approximate surface area is 138 Å². The molecule has 2 aromatic carbocycles. The van der Waals surface area contributed by atoms with Crippen LogP contribution in [0.3, 0.4) is 0 Å². The summed E-state index contributed by atoms with van der Waals surface area (Å²) in [6, 6.07) is 19.2. The minimum Gasteiger partial charge on any atom is -0.256 e. The van der Waals surface area contributed by atoms with Crippen molar-refractivity contribution in [2.75, 3.05) is 0 Å². The summed E-state index contributed by atoms with van der Waals surface area (Å²) in [4.78, 5) is 4.46. The first-order chi connectivity index (χ1) is 11.3. The van der Waals surface area contributed by atoms with Crippen molar-refractivity contribution in [1.29, 1.82) is 0 Å². The van der Waals surface area contributed by atoms with Crippen molar-refractivity contribution in [3.63, 3.8) is 0 Å². The highest BCUT2D eigenvalue weighted by atomic mass is 14.6. The summed E-state index contributed by atoms with van der Waals surface area (Å²) in [6.45, 7) is 4.26. The predicted molar refractivity (Wildman–Crippen MR) is 99.5 cm³/mol. The van der Waals surface area contributed by atoms with Gasteiger partial charge in [-0.1, -0.05) is 73.7 Å². The van der Waals surface area contributed by atoms with E-state index >= 15 is 0 Å². The second-order valence-corrected chi connectivity index (χ2v) is 5.70. The lowest BCUT2D eigenvalue weighted by Crippen LogP contribution is -1.90. The van der Waals surface area contributed by atoms with Crippen molar-refractivity contribution >= 4 is 10.9 Å². The molecule has 1 unspecified atom stereocenters. The Bertz CT molecular complexity index is 853. The monoisotopic (exact) mass is 299 g/mol. The zero-order valence-electron chi connectivity index (χ0n) is 13.6. The Hall–Kier alpha value is -2.67. The maximum Gasteiger partial charge on any atom is 0.0708 e. The lowest BCUT2D eigenvalue weighted by atomic mass is 9.94. The van der Waals surface area contributed by atoms with Crippen molar-refractivity contribution < 1.29 is 0 Å². The molecule has 114 valence electrons. The first-order valence-corrected chi connectivity index (χ1v) is 8.03. The molecule has 3 aromatic rings. The lowest BCUT2D eigenvalue weighted by molar-refractivity contribution is 0.968. The van der Waals surface area contributed by atoms with Gasteiger partial charge in [0, 0.05) is 11.6 Å².